The summed E-state index contributed by atoms with van der Waals surface area (Å²) in [6.45, 7) is 3.48. The SMILES string of the molecule is CCCOc1ccc2ccccc2c1CN(C)c1ccc2nnnn2n1. The Bertz CT molecular complexity index is 1040. The maximum absolute atomic E-state index is 6.00. The van der Waals surface area contributed by atoms with Crippen LogP contribution in [0.2, 0.25) is 0 Å². The van der Waals surface area contributed by atoms with E-state index >= 15 is 0 Å². The first-order valence-electron chi connectivity index (χ1n) is 8.66. The molecule has 132 valence electrons. The minimum absolute atomic E-state index is 0.624. The van der Waals surface area contributed by atoms with Crippen molar-refractivity contribution in [3.63, 3.8) is 0 Å². The molecule has 7 nitrogen and oxygen atoms in total. The van der Waals surface area contributed by atoms with Crippen LogP contribution in [-0.4, -0.2) is 38.9 Å². The topological polar surface area (TPSA) is 68.4 Å². The predicted molar refractivity (Wildman–Crippen MR) is 100 cm³/mol. The molecule has 26 heavy (non-hydrogen) atoms. The van der Waals surface area contributed by atoms with Crippen molar-refractivity contribution in [1.82, 2.24) is 25.3 Å². The molecule has 0 spiro atoms. The fourth-order valence-corrected chi connectivity index (χ4v) is 2.99. The molecular formula is C19H20N6O. The number of rotatable bonds is 6. The fourth-order valence-electron chi connectivity index (χ4n) is 2.99. The highest BCUT2D eigenvalue weighted by Gasteiger charge is 2.13. The average molecular weight is 348 g/mol. The molecule has 7 heteroatoms. The molecule has 2 aromatic carbocycles. The molecule has 2 heterocycles. The number of hydrogen-bond acceptors (Lipinski definition) is 6. The molecule has 0 aliphatic rings. The number of hydrogen-bond donors (Lipinski definition) is 0. The van der Waals surface area contributed by atoms with Crippen molar-refractivity contribution in [3.8, 4) is 5.75 Å². The number of tetrazole rings is 1. The van der Waals surface area contributed by atoms with Crippen LogP contribution in [0.1, 0.15) is 18.9 Å². The predicted octanol–water partition coefficient (Wildman–Crippen LogP) is 3.10. The number of nitrogens with zero attached hydrogens (tertiary/aromatic N) is 6. The minimum atomic E-state index is 0.624. The standard InChI is InChI=1S/C19H20N6O/c1-3-12-26-17-9-8-14-6-4-5-7-15(14)16(17)13-24(2)19-11-10-18-20-22-23-25(18)21-19/h4-11H,3,12-13H2,1-2H3. The maximum atomic E-state index is 6.00. The van der Waals surface area contributed by atoms with Gasteiger partial charge in [0.25, 0.3) is 0 Å². The number of anilines is 1. The first-order valence-corrected chi connectivity index (χ1v) is 8.66. The number of benzene rings is 2. The normalized spacial score (nSPS) is 11.2. The van der Waals surface area contributed by atoms with Gasteiger partial charge in [0.15, 0.2) is 11.5 Å². The Hall–Kier alpha value is -3.22. The summed E-state index contributed by atoms with van der Waals surface area (Å²) >= 11 is 0. The van der Waals surface area contributed by atoms with E-state index < -0.39 is 0 Å². The van der Waals surface area contributed by atoms with E-state index in [0.29, 0.717) is 18.8 Å². The van der Waals surface area contributed by atoms with Gasteiger partial charge in [-0.2, -0.15) is 0 Å². The summed E-state index contributed by atoms with van der Waals surface area (Å²) in [5.74, 6) is 1.71. The molecule has 0 aliphatic carbocycles. The lowest BCUT2D eigenvalue weighted by molar-refractivity contribution is 0.314. The third-order valence-electron chi connectivity index (χ3n) is 4.30. The van der Waals surface area contributed by atoms with Gasteiger partial charge in [-0.15, -0.1) is 14.8 Å². The molecule has 0 aliphatic heterocycles. The van der Waals surface area contributed by atoms with Crippen molar-refractivity contribution in [2.45, 2.75) is 19.9 Å². The van der Waals surface area contributed by atoms with Crippen LogP contribution in [0, 0.1) is 0 Å². The molecule has 0 fully saturated rings. The molecule has 0 bridgehead atoms. The van der Waals surface area contributed by atoms with E-state index in [1.807, 2.05) is 19.2 Å². The highest BCUT2D eigenvalue weighted by molar-refractivity contribution is 5.88. The van der Waals surface area contributed by atoms with E-state index in [9.17, 15) is 0 Å². The first-order chi connectivity index (χ1) is 12.8. The molecule has 0 saturated heterocycles. The largest absolute Gasteiger partial charge is 0.493 e. The van der Waals surface area contributed by atoms with Crippen LogP contribution in [0.5, 0.6) is 5.75 Å². The van der Waals surface area contributed by atoms with Gasteiger partial charge in [-0.3, -0.25) is 0 Å². The zero-order valence-corrected chi connectivity index (χ0v) is 14.8. The fraction of sp³-hybridized carbons (Fsp3) is 0.263. The molecule has 2 aromatic heterocycles. The van der Waals surface area contributed by atoms with E-state index in [-0.39, 0.29) is 0 Å². The van der Waals surface area contributed by atoms with Crippen molar-refractivity contribution in [2.24, 2.45) is 0 Å². The van der Waals surface area contributed by atoms with E-state index in [0.717, 1.165) is 23.6 Å². The molecule has 0 N–H and O–H groups in total. The number of fused-ring (bicyclic) bond motifs is 2. The average Bonchev–Trinajstić information content (AvgIpc) is 3.15. The van der Waals surface area contributed by atoms with E-state index in [1.165, 1.54) is 15.4 Å². The van der Waals surface area contributed by atoms with Crippen molar-refractivity contribution < 1.29 is 4.74 Å². The third-order valence-corrected chi connectivity index (χ3v) is 4.30. The van der Waals surface area contributed by atoms with E-state index in [2.05, 4.69) is 68.8 Å². The summed E-state index contributed by atoms with van der Waals surface area (Å²) in [4.78, 5) is 2.07. The van der Waals surface area contributed by atoms with Crippen LogP contribution in [0.25, 0.3) is 16.4 Å². The lowest BCUT2D eigenvalue weighted by Gasteiger charge is -2.21. The zero-order chi connectivity index (χ0) is 17.9. The highest BCUT2D eigenvalue weighted by atomic mass is 16.5. The summed E-state index contributed by atoms with van der Waals surface area (Å²) in [6.07, 6.45) is 0.972. The quantitative estimate of drug-likeness (QED) is 0.533. The van der Waals surface area contributed by atoms with Crippen molar-refractivity contribution in [3.05, 3.63) is 54.1 Å². The Labute approximate surface area is 151 Å². The van der Waals surface area contributed by atoms with Gasteiger partial charge in [0.2, 0.25) is 0 Å². The second-order valence-electron chi connectivity index (χ2n) is 6.19. The van der Waals surface area contributed by atoms with Crippen LogP contribution in [0.3, 0.4) is 0 Å². The van der Waals surface area contributed by atoms with Gasteiger partial charge in [-0.05, 0) is 45.8 Å². The summed E-state index contributed by atoms with van der Waals surface area (Å²) in [5.41, 5.74) is 1.77. The second-order valence-corrected chi connectivity index (χ2v) is 6.19. The summed E-state index contributed by atoms with van der Waals surface area (Å²) in [6, 6.07) is 16.3. The van der Waals surface area contributed by atoms with Gasteiger partial charge >= 0.3 is 0 Å². The third kappa shape index (κ3) is 3.03. The number of aromatic nitrogens is 5. The van der Waals surface area contributed by atoms with Gasteiger partial charge in [0.1, 0.15) is 5.75 Å². The van der Waals surface area contributed by atoms with Crippen LogP contribution in [-0.2, 0) is 6.54 Å². The van der Waals surface area contributed by atoms with Crippen LogP contribution in [0.15, 0.2) is 48.5 Å². The number of ether oxygens (including phenoxy) is 1. The van der Waals surface area contributed by atoms with E-state index in [4.69, 9.17) is 4.74 Å². The molecule has 0 amide bonds. The first kappa shape index (κ1) is 16.3. The van der Waals surface area contributed by atoms with Crippen LogP contribution in [0.4, 0.5) is 5.82 Å². The second kappa shape index (κ2) is 6.95. The lowest BCUT2D eigenvalue weighted by Crippen LogP contribution is -2.19. The van der Waals surface area contributed by atoms with Gasteiger partial charge in [-0.25, -0.2) is 0 Å². The van der Waals surface area contributed by atoms with Crippen LogP contribution < -0.4 is 9.64 Å². The monoisotopic (exact) mass is 348 g/mol. The molecule has 4 aromatic rings. The van der Waals surface area contributed by atoms with Crippen molar-refractivity contribution in [2.75, 3.05) is 18.6 Å². The molecule has 4 rings (SSSR count). The Morgan fingerprint density at radius 1 is 1.08 bits per heavy atom. The van der Waals surface area contributed by atoms with Crippen LogP contribution >= 0.6 is 0 Å². The van der Waals surface area contributed by atoms with Gasteiger partial charge < -0.3 is 9.64 Å². The summed E-state index contributed by atoms with van der Waals surface area (Å²) < 4.78 is 7.44. The molecule has 0 atom stereocenters. The maximum Gasteiger partial charge on any atom is 0.200 e. The Morgan fingerprint density at radius 3 is 2.85 bits per heavy atom. The molecule has 0 unspecified atom stereocenters. The summed E-state index contributed by atoms with van der Waals surface area (Å²) in [5, 5.41) is 18.3. The molecule has 0 radical (unpaired) electrons. The smallest absolute Gasteiger partial charge is 0.200 e. The Morgan fingerprint density at radius 2 is 1.96 bits per heavy atom. The van der Waals surface area contributed by atoms with Gasteiger partial charge in [0, 0.05) is 19.2 Å². The van der Waals surface area contributed by atoms with E-state index in [1.54, 1.807) is 0 Å². The highest BCUT2D eigenvalue weighted by Crippen LogP contribution is 2.30. The molecular weight excluding hydrogens is 328 g/mol. The molecule has 0 saturated carbocycles. The van der Waals surface area contributed by atoms with Gasteiger partial charge in [-0.1, -0.05) is 37.3 Å². The Balaban J connectivity index is 1.71. The summed E-state index contributed by atoms with van der Waals surface area (Å²) in [7, 11) is 2.00. The minimum Gasteiger partial charge on any atom is -0.493 e. The lowest BCUT2D eigenvalue weighted by atomic mass is 10.0. The van der Waals surface area contributed by atoms with Crippen molar-refractivity contribution in [1.29, 1.82) is 0 Å². The van der Waals surface area contributed by atoms with Crippen molar-refractivity contribution >= 4 is 22.2 Å². The zero-order valence-electron chi connectivity index (χ0n) is 14.8. The Kier molecular flexibility index (Phi) is 4.35. The van der Waals surface area contributed by atoms with Gasteiger partial charge in [0.05, 0.1) is 6.61 Å².